The van der Waals surface area contributed by atoms with E-state index in [2.05, 4.69) is 17.3 Å². The van der Waals surface area contributed by atoms with Crippen LogP contribution in [0.3, 0.4) is 0 Å². The Morgan fingerprint density at radius 2 is 2.32 bits per heavy atom. The van der Waals surface area contributed by atoms with Crippen molar-refractivity contribution in [3.8, 4) is 5.75 Å². The van der Waals surface area contributed by atoms with E-state index in [1.165, 1.54) is 18.9 Å². The molecule has 0 radical (unpaired) electrons. The van der Waals surface area contributed by atoms with Gasteiger partial charge in [-0.15, -0.1) is 0 Å². The SMILES string of the molecule is COc1ccc(F)cc1CCN(C)C1CCCNC1. The Morgan fingerprint density at radius 1 is 1.47 bits per heavy atom. The molecule has 0 saturated carbocycles. The van der Waals surface area contributed by atoms with Crippen molar-refractivity contribution in [3.05, 3.63) is 29.6 Å². The van der Waals surface area contributed by atoms with Crippen molar-refractivity contribution in [2.45, 2.75) is 25.3 Å². The highest BCUT2D eigenvalue weighted by molar-refractivity contribution is 5.34. The molecule has 19 heavy (non-hydrogen) atoms. The molecule has 1 aliphatic rings. The lowest BCUT2D eigenvalue weighted by Gasteiger charge is -2.31. The fourth-order valence-electron chi connectivity index (χ4n) is 2.63. The maximum Gasteiger partial charge on any atom is 0.123 e. The van der Waals surface area contributed by atoms with E-state index in [1.54, 1.807) is 19.2 Å². The Balaban J connectivity index is 1.92. The lowest BCUT2D eigenvalue weighted by Crippen LogP contribution is -2.44. The van der Waals surface area contributed by atoms with Crippen LogP contribution in [0.25, 0.3) is 0 Å². The third-order valence-corrected chi connectivity index (χ3v) is 3.87. The van der Waals surface area contributed by atoms with Crippen molar-refractivity contribution >= 4 is 0 Å². The molecule has 2 rings (SSSR count). The third-order valence-electron chi connectivity index (χ3n) is 3.87. The summed E-state index contributed by atoms with van der Waals surface area (Å²) in [6.07, 6.45) is 3.29. The maximum absolute atomic E-state index is 13.3. The lowest BCUT2D eigenvalue weighted by atomic mass is 10.1. The van der Waals surface area contributed by atoms with E-state index in [1.807, 2.05) is 0 Å². The topological polar surface area (TPSA) is 24.5 Å². The van der Waals surface area contributed by atoms with Crippen molar-refractivity contribution in [1.29, 1.82) is 0 Å². The summed E-state index contributed by atoms with van der Waals surface area (Å²) in [5, 5.41) is 3.42. The van der Waals surface area contributed by atoms with Crippen LogP contribution in [0.2, 0.25) is 0 Å². The van der Waals surface area contributed by atoms with Crippen molar-refractivity contribution in [2.24, 2.45) is 0 Å². The zero-order chi connectivity index (χ0) is 13.7. The zero-order valence-corrected chi connectivity index (χ0v) is 11.8. The average molecular weight is 266 g/mol. The number of likely N-dealkylation sites (N-methyl/N-ethyl adjacent to an activating group) is 1. The third kappa shape index (κ3) is 3.91. The number of hydrogen-bond donors (Lipinski definition) is 1. The first-order valence-corrected chi connectivity index (χ1v) is 6.94. The minimum atomic E-state index is -0.196. The van der Waals surface area contributed by atoms with Gasteiger partial charge in [0.25, 0.3) is 0 Å². The number of methoxy groups -OCH3 is 1. The molecule has 1 unspecified atom stereocenters. The Bertz CT molecular complexity index is 405. The monoisotopic (exact) mass is 266 g/mol. The van der Waals surface area contributed by atoms with Gasteiger partial charge in [0.1, 0.15) is 11.6 Å². The Kier molecular flexibility index (Phi) is 5.16. The van der Waals surface area contributed by atoms with Crippen LogP contribution in [0.4, 0.5) is 4.39 Å². The van der Waals surface area contributed by atoms with Gasteiger partial charge in [-0.05, 0) is 56.6 Å². The van der Waals surface area contributed by atoms with Gasteiger partial charge in [-0.2, -0.15) is 0 Å². The molecule has 0 aromatic heterocycles. The number of nitrogens with one attached hydrogen (secondary N) is 1. The molecule has 0 spiro atoms. The summed E-state index contributed by atoms with van der Waals surface area (Å²) in [5.41, 5.74) is 0.943. The molecule has 3 nitrogen and oxygen atoms in total. The minimum Gasteiger partial charge on any atom is -0.496 e. The fourth-order valence-corrected chi connectivity index (χ4v) is 2.63. The Hall–Kier alpha value is -1.13. The van der Waals surface area contributed by atoms with Crippen LogP contribution in [-0.4, -0.2) is 44.7 Å². The van der Waals surface area contributed by atoms with E-state index < -0.39 is 0 Å². The number of rotatable bonds is 5. The van der Waals surface area contributed by atoms with Crippen molar-refractivity contribution in [2.75, 3.05) is 33.8 Å². The van der Waals surface area contributed by atoms with Crippen LogP contribution in [0, 0.1) is 5.82 Å². The number of ether oxygens (including phenoxy) is 1. The van der Waals surface area contributed by atoms with Gasteiger partial charge in [0, 0.05) is 19.1 Å². The molecule has 1 aromatic rings. The summed E-state index contributed by atoms with van der Waals surface area (Å²) in [5.74, 6) is 0.578. The molecule has 1 fully saturated rings. The predicted octanol–water partition coefficient (Wildman–Crippen LogP) is 2.06. The summed E-state index contributed by atoms with van der Waals surface area (Å²) in [6, 6.07) is 5.31. The van der Waals surface area contributed by atoms with Gasteiger partial charge >= 0.3 is 0 Å². The van der Waals surface area contributed by atoms with E-state index in [0.29, 0.717) is 6.04 Å². The molecule has 1 N–H and O–H groups in total. The van der Waals surface area contributed by atoms with E-state index in [4.69, 9.17) is 4.74 Å². The molecule has 0 aliphatic carbocycles. The smallest absolute Gasteiger partial charge is 0.123 e. The van der Waals surface area contributed by atoms with Crippen LogP contribution in [0.15, 0.2) is 18.2 Å². The van der Waals surface area contributed by atoms with Crippen molar-refractivity contribution < 1.29 is 9.13 Å². The maximum atomic E-state index is 13.3. The largest absolute Gasteiger partial charge is 0.496 e. The second-order valence-electron chi connectivity index (χ2n) is 5.19. The molecular weight excluding hydrogens is 243 g/mol. The van der Waals surface area contributed by atoms with Gasteiger partial charge in [0.2, 0.25) is 0 Å². The van der Waals surface area contributed by atoms with Crippen LogP contribution in [-0.2, 0) is 6.42 Å². The van der Waals surface area contributed by atoms with E-state index in [9.17, 15) is 4.39 Å². The molecule has 1 heterocycles. The number of hydrogen-bond acceptors (Lipinski definition) is 3. The first kappa shape index (κ1) is 14.3. The number of benzene rings is 1. The summed E-state index contributed by atoms with van der Waals surface area (Å²) in [4.78, 5) is 2.36. The van der Waals surface area contributed by atoms with Crippen LogP contribution in [0.5, 0.6) is 5.75 Å². The molecule has 1 saturated heterocycles. The predicted molar refractivity (Wildman–Crippen MR) is 75.2 cm³/mol. The van der Waals surface area contributed by atoms with Gasteiger partial charge in [0.15, 0.2) is 0 Å². The summed E-state index contributed by atoms with van der Waals surface area (Å²) in [6.45, 7) is 3.10. The Morgan fingerprint density at radius 3 is 3.00 bits per heavy atom. The first-order chi connectivity index (χ1) is 9.20. The van der Waals surface area contributed by atoms with E-state index in [-0.39, 0.29) is 5.82 Å². The second-order valence-corrected chi connectivity index (χ2v) is 5.19. The fraction of sp³-hybridized carbons (Fsp3) is 0.600. The van der Waals surface area contributed by atoms with Crippen molar-refractivity contribution in [1.82, 2.24) is 10.2 Å². The molecule has 0 bridgehead atoms. The first-order valence-electron chi connectivity index (χ1n) is 6.94. The molecular formula is C15H23FN2O. The van der Waals surface area contributed by atoms with Crippen LogP contribution >= 0.6 is 0 Å². The highest BCUT2D eigenvalue weighted by atomic mass is 19.1. The zero-order valence-electron chi connectivity index (χ0n) is 11.8. The highest BCUT2D eigenvalue weighted by Crippen LogP contribution is 2.20. The molecule has 4 heteroatoms. The van der Waals surface area contributed by atoms with Gasteiger partial charge in [-0.1, -0.05) is 0 Å². The molecule has 0 amide bonds. The highest BCUT2D eigenvalue weighted by Gasteiger charge is 2.17. The number of piperidine rings is 1. The molecule has 1 atom stereocenters. The molecule has 1 aliphatic heterocycles. The summed E-state index contributed by atoms with van der Waals surface area (Å²) < 4.78 is 18.6. The minimum absolute atomic E-state index is 0.196. The standard InChI is InChI=1S/C15H23FN2O/c1-18(14-4-3-8-17-11-14)9-7-12-10-13(16)5-6-15(12)19-2/h5-6,10,14,17H,3-4,7-9,11H2,1-2H3. The summed E-state index contributed by atoms with van der Waals surface area (Å²) in [7, 11) is 3.77. The van der Waals surface area contributed by atoms with Gasteiger partial charge in [-0.3, -0.25) is 0 Å². The second kappa shape index (κ2) is 6.87. The number of nitrogens with zero attached hydrogens (tertiary/aromatic N) is 1. The van der Waals surface area contributed by atoms with Crippen LogP contribution < -0.4 is 10.1 Å². The van der Waals surface area contributed by atoms with Gasteiger partial charge < -0.3 is 15.0 Å². The normalized spacial score (nSPS) is 19.7. The van der Waals surface area contributed by atoms with E-state index >= 15 is 0 Å². The van der Waals surface area contributed by atoms with Crippen LogP contribution in [0.1, 0.15) is 18.4 Å². The van der Waals surface area contributed by atoms with E-state index in [0.717, 1.165) is 37.4 Å². The number of halogens is 1. The van der Waals surface area contributed by atoms with Gasteiger partial charge in [-0.25, -0.2) is 4.39 Å². The quantitative estimate of drug-likeness (QED) is 0.883. The molecule has 106 valence electrons. The van der Waals surface area contributed by atoms with Gasteiger partial charge in [0.05, 0.1) is 7.11 Å². The molecule has 1 aromatic carbocycles. The summed E-state index contributed by atoms with van der Waals surface area (Å²) >= 11 is 0. The van der Waals surface area contributed by atoms with Crippen molar-refractivity contribution in [3.63, 3.8) is 0 Å². The Labute approximate surface area is 114 Å². The average Bonchev–Trinajstić information content (AvgIpc) is 2.46. The lowest BCUT2D eigenvalue weighted by molar-refractivity contribution is 0.204.